The molecular weight excluding hydrogens is 136 g/mol. The summed E-state index contributed by atoms with van der Waals surface area (Å²) in [6.45, 7) is 3.56. The van der Waals surface area contributed by atoms with E-state index < -0.39 is 12.1 Å². The molecule has 0 saturated heterocycles. The summed E-state index contributed by atoms with van der Waals surface area (Å²) < 4.78 is 0. The molecule has 0 spiro atoms. The van der Waals surface area contributed by atoms with E-state index in [-0.39, 0.29) is 0 Å². The normalized spacial score (nSPS) is 12.7. The fourth-order valence-corrected chi connectivity index (χ4v) is 0.253. The third-order valence-corrected chi connectivity index (χ3v) is 0.770. The van der Waals surface area contributed by atoms with Gasteiger partial charge in [-0.25, -0.2) is 4.79 Å². The van der Waals surface area contributed by atoms with Gasteiger partial charge in [-0.2, -0.15) is 4.89 Å². The average Bonchev–Trinajstić information content (AvgIpc) is 1.88. The Bertz CT molecular complexity index is 99.9. The van der Waals surface area contributed by atoms with Crippen LogP contribution >= 0.6 is 0 Å². The quantitative estimate of drug-likeness (QED) is 0.353. The van der Waals surface area contributed by atoms with Gasteiger partial charge in [-0.05, 0) is 13.3 Å². The van der Waals surface area contributed by atoms with Crippen molar-refractivity contribution in [1.29, 1.82) is 0 Å². The highest BCUT2D eigenvalue weighted by Crippen LogP contribution is 1.88. The van der Waals surface area contributed by atoms with E-state index in [1.807, 2.05) is 6.92 Å². The summed E-state index contributed by atoms with van der Waals surface area (Å²) in [7, 11) is 0. The van der Waals surface area contributed by atoms with Crippen LogP contribution in [0.25, 0.3) is 0 Å². The third-order valence-electron chi connectivity index (χ3n) is 0.770. The van der Waals surface area contributed by atoms with Crippen LogP contribution < -0.4 is 0 Å². The van der Waals surface area contributed by atoms with E-state index in [4.69, 9.17) is 5.11 Å². The first-order valence-corrected chi connectivity index (χ1v) is 3.19. The Morgan fingerprint density at radius 2 is 2.30 bits per heavy atom. The first-order valence-electron chi connectivity index (χ1n) is 3.19. The van der Waals surface area contributed by atoms with Gasteiger partial charge < -0.3 is 5.11 Å². The molecule has 1 unspecified atom stereocenters. The second-order valence-corrected chi connectivity index (χ2v) is 1.90. The lowest BCUT2D eigenvalue weighted by Crippen LogP contribution is -2.19. The van der Waals surface area contributed by atoms with Crippen LogP contribution in [0.5, 0.6) is 0 Å². The van der Waals surface area contributed by atoms with Crippen LogP contribution in [0, 0.1) is 0 Å². The second kappa shape index (κ2) is 5.20. The molecule has 0 rings (SSSR count). The van der Waals surface area contributed by atoms with Crippen molar-refractivity contribution in [2.24, 2.45) is 0 Å². The minimum atomic E-state index is -1.11. The van der Waals surface area contributed by atoms with Crippen LogP contribution in [-0.4, -0.2) is 23.8 Å². The number of hydrogen-bond acceptors (Lipinski definition) is 4. The van der Waals surface area contributed by atoms with Crippen LogP contribution in [0.3, 0.4) is 0 Å². The Balaban J connectivity index is 3.22. The van der Waals surface area contributed by atoms with Gasteiger partial charge in [-0.3, -0.25) is 4.89 Å². The van der Waals surface area contributed by atoms with E-state index in [2.05, 4.69) is 9.78 Å². The van der Waals surface area contributed by atoms with Crippen molar-refractivity contribution in [2.45, 2.75) is 26.4 Å². The summed E-state index contributed by atoms with van der Waals surface area (Å²) in [5.41, 5.74) is 0. The number of carbonyl (C=O) groups excluding carboxylic acids is 1. The summed E-state index contributed by atoms with van der Waals surface area (Å²) in [4.78, 5) is 19.0. The largest absolute Gasteiger partial charge is 0.382 e. The molecule has 0 heterocycles. The van der Waals surface area contributed by atoms with Crippen LogP contribution in [0.15, 0.2) is 0 Å². The molecule has 4 nitrogen and oxygen atoms in total. The zero-order valence-electron chi connectivity index (χ0n) is 6.16. The van der Waals surface area contributed by atoms with Crippen molar-refractivity contribution >= 4 is 5.97 Å². The van der Waals surface area contributed by atoms with Crippen molar-refractivity contribution < 1.29 is 19.7 Å². The van der Waals surface area contributed by atoms with Crippen molar-refractivity contribution in [3.63, 3.8) is 0 Å². The number of aliphatic hydroxyl groups is 1. The molecule has 0 aliphatic carbocycles. The van der Waals surface area contributed by atoms with Crippen LogP contribution in [-0.2, 0) is 14.6 Å². The summed E-state index contributed by atoms with van der Waals surface area (Å²) in [5, 5.41) is 8.57. The summed E-state index contributed by atoms with van der Waals surface area (Å²) in [5.74, 6) is -0.756. The monoisotopic (exact) mass is 148 g/mol. The topological polar surface area (TPSA) is 55.8 Å². The molecule has 0 amide bonds. The maximum atomic E-state index is 10.4. The molecule has 0 aromatic carbocycles. The molecule has 1 atom stereocenters. The molecule has 10 heavy (non-hydrogen) atoms. The maximum Gasteiger partial charge on any atom is 0.370 e. The van der Waals surface area contributed by atoms with Crippen LogP contribution in [0.1, 0.15) is 20.3 Å². The summed E-state index contributed by atoms with van der Waals surface area (Å²) in [6.07, 6.45) is -0.343. The highest BCUT2D eigenvalue weighted by molar-refractivity contribution is 5.73. The van der Waals surface area contributed by atoms with Gasteiger partial charge in [0, 0.05) is 0 Å². The fourth-order valence-electron chi connectivity index (χ4n) is 0.253. The standard InChI is InChI=1S/C6H12O4/c1-3-4-9-10-6(8)5(2)7/h5,7H,3-4H2,1-2H3. The Morgan fingerprint density at radius 1 is 1.70 bits per heavy atom. The Kier molecular flexibility index (Phi) is 4.88. The van der Waals surface area contributed by atoms with Crippen molar-refractivity contribution in [3.8, 4) is 0 Å². The molecule has 60 valence electrons. The molecule has 4 heteroatoms. The average molecular weight is 148 g/mol. The van der Waals surface area contributed by atoms with Gasteiger partial charge in [0.1, 0.15) is 0 Å². The van der Waals surface area contributed by atoms with Crippen molar-refractivity contribution in [2.75, 3.05) is 6.61 Å². The van der Waals surface area contributed by atoms with Gasteiger partial charge >= 0.3 is 5.97 Å². The predicted molar refractivity (Wildman–Crippen MR) is 34.0 cm³/mol. The zero-order chi connectivity index (χ0) is 7.98. The van der Waals surface area contributed by atoms with Crippen molar-refractivity contribution in [3.05, 3.63) is 0 Å². The van der Waals surface area contributed by atoms with E-state index in [1.54, 1.807) is 0 Å². The van der Waals surface area contributed by atoms with Gasteiger partial charge in [0.15, 0.2) is 6.10 Å². The van der Waals surface area contributed by atoms with Gasteiger partial charge in [0.2, 0.25) is 0 Å². The van der Waals surface area contributed by atoms with E-state index >= 15 is 0 Å². The van der Waals surface area contributed by atoms with Gasteiger partial charge in [-0.15, -0.1) is 0 Å². The maximum absolute atomic E-state index is 10.4. The molecule has 0 aliphatic rings. The number of rotatable bonds is 4. The second-order valence-electron chi connectivity index (χ2n) is 1.90. The molecule has 1 N–H and O–H groups in total. The van der Waals surface area contributed by atoms with E-state index in [9.17, 15) is 4.79 Å². The Morgan fingerprint density at radius 3 is 2.70 bits per heavy atom. The number of hydrogen-bond donors (Lipinski definition) is 1. The molecule has 0 radical (unpaired) electrons. The van der Waals surface area contributed by atoms with Gasteiger partial charge in [-0.1, -0.05) is 6.92 Å². The minimum Gasteiger partial charge on any atom is -0.382 e. The van der Waals surface area contributed by atoms with Crippen LogP contribution in [0.2, 0.25) is 0 Å². The predicted octanol–water partition coefficient (Wildman–Crippen LogP) is 0.252. The summed E-state index contributed by atoms with van der Waals surface area (Å²) >= 11 is 0. The van der Waals surface area contributed by atoms with E-state index in [0.717, 1.165) is 6.42 Å². The van der Waals surface area contributed by atoms with Crippen molar-refractivity contribution in [1.82, 2.24) is 0 Å². The number of aliphatic hydroxyl groups excluding tert-OH is 1. The minimum absolute atomic E-state index is 0.360. The fraction of sp³-hybridized carbons (Fsp3) is 0.833. The first kappa shape index (κ1) is 9.39. The molecule has 0 saturated carbocycles. The molecule has 0 bridgehead atoms. The highest BCUT2D eigenvalue weighted by atomic mass is 17.2. The first-order chi connectivity index (χ1) is 4.68. The van der Waals surface area contributed by atoms with Crippen LogP contribution in [0.4, 0.5) is 0 Å². The lowest BCUT2D eigenvalue weighted by molar-refractivity contribution is -0.277. The molecule has 0 aromatic rings. The SMILES string of the molecule is CCCOOC(=O)C(C)O. The zero-order valence-corrected chi connectivity index (χ0v) is 6.16. The third kappa shape index (κ3) is 4.29. The lowest BCUT2D eigenvalue weighted by atomic mass is 10.4. The smallest absolute Gasteiger partial charge is 0.370 e. The number of carbonyl (C=O) groups is 1. The Hall–Kier alpha value is -0.610. The van der Waals surface area contributed by atoms with Gasteiger partial charge in [0.25, 0.3) is 0 Å². The molecule has 0 aromatic heterocycles. The lowest BCUT2D eigenvalue weighted by Gasteiger charge is -2.02. The summed E-state index contributed by atoms with van der Waals surface area (Å²) in [6, 6.07) is 0. The highest BCUT2D eigenvalue weighted by Gasteiger charge is 2.10. The molecule has 0 fully saturated rings. The Labute approximate surface area is 59.7 Å². The molecular formula is C6H12O4. The van der Waals surface area contributed by atoms with Gasteiger partial charge in [0.05, 0.1) is 6.61 Å². The van der Waals surface area contributed by atoms with E-state index in [1.165, 1.54) is 6.92 Å². The molecule has 0 aliphatic heterocycles. The van der Waals surface area contributed by atoms with E-state index in [0.29, 0.717) is 6.61 Å².